The van der Waals surface area contributed by atoms with Gasteiger partial charge in [0, 0.05) is 18.2 Å². The van der Waals surface area contributed by atoms with E-state index in [1.54, 1.807) is 12.1 Å². The summed E-state index contributed by atoms with van der Waals surface area (Å²) in [6.07, 6.45) is 0.0719. The molecule has 0 saturated heterocycles. The fourth-order valence-corrected chi connectivity index (χ4v) is 2.74. The Kier molecular flexibility index (Phi) is 4.33. The molecule has 3 heteroatoms. The molecule has 1 fully saturated rings. The quantitative estimate of drug-likeness (QED) is 0.850. The topological polar surface area (TPSA) is 12.0 Å². The first-order valence-electron chi connectivity index (χ1n) is 6.68. The van der Waals surface area contributed by atoms with Crippen molar-refractivity contribution in [2.24, 2.45) is 11.8 Å². The number of benzene rings is 1. The first-order chi connectivity index (χ1) is 8.58. The van der Waals surface area contributed by atoms with E-state index in [9.17, 15) is 8.78 Å². The van der Waals surface area contributed by atoms with Gasteiger partial charge in [-0.05, 0) is 36.3 Å². The summed E-state index contributed by atoms with van der Waals surface area (Å²) in [5.74, 6) is 1.43. The van der Waals surface area contributed by atoms with Gasteiger partial charge in [-0.25, -0.2) is 8.78 Å². The summed E-state index contributed by atoms with van der Waals surface area (Å²) < 4.78 is 25.2. The molecule has 3 atom stereocenters. The summed E-state index contributed by atoms with van der Waals surface area (Å²) in [4.78, 5) is 0. The molecule has 1 aliphatic rings. The Morgan fingerprint density at radius 1 is 1.28 bits per heavy atom. The smallest absolute Gasteiger partial charge is 0.263 e. The van der Waals surface area contributed by atoms with Crippen LogP contribution in [0.25, 0.3) is 0 Å². The largest absolute Gasteiger partial charge is 0.310 e. The highest BCUT2D eigenvalue weighted by Gasteiger charge is 2.28. The molecule has 0 aliphatic heterocycles. The van der Waals surface area contributed by atoms with Crippen LogP contribution in [0.1, 0.15) is 44.2 Å². The van der Waals surface area contributed by atoms with E-state index in [4.69, 9.17) is 0 Å². The van der Waals surface area contributed by atoms with Crippen LogP contribution in [0, 0.1) is 11.8 Å². The van der Waals surface area contributed by atoms with E-state index in [0.717, 1.165) is 11.5 Å². The predicted molar refractivity (Wildman–Crippen MR) is 69.6 cm³/mol. The zero-order valence-corrected chi connectivity index (χ0v) is 11.0. The molecule has 3 unspecified atom stereocenters. The van der Waals surface area contributed by atoms with Gasteiger partial charge >= 0.3 is 0 Å². The number of hydrogen-bond donors (Lipinski definition) is 1. The van der Waals surface area contributed by atoms with Gasteiger partial charge in [0.2, 0.25) is 0 Å². The van der Waals surface area contributed by atoms with Crippen LogP contribution in [-0.4, -0.2) is 6.04 Å². The van der Waals surface area contributed by atoms with Crippen LogP contribution in [0.15, 0.2) is 24.3 Å². The highest BCUT2D eigenvalue weighted by molar-refractivity contribution is 5.24. The second-order valence-electron chi connectivity index (χ2n) is 5.45. The van der Waals surface area contributed by atoms with Gasteiger partial charge in [0.15, 0.2) is 0 Å². The van der Waals surface area contributed by atoms with Crippen molar-refractivity contribution in [1.29, 1.82) is 0 Å². The zero-order chi connectivity index (χ0) is 13.1. The third kappa shape index (κ3) is 3.08. The van der Waals surface area contributed by atoms with E-state index in [2.05, 4.69) is 19.2 Å². The van der Waals surface area contributed by atoms with E-state index in [-0.39, 0.29) is 5.56 Å². The van der Waals surface area contributed by atoms with Gasteiger partial charge in [0.1, 0.15) is 0 Å². The van der Waals surface area contributed by atoms with Gasteiger partial charge in [-0.2, -0.15) is 0 Å². The minimum absolute atomic E-state index is 0.113. The summed E-state index contributed by atoms with van der Waals surface area (Å²) in [7, 11) is 0. The van der Waals surface area contributed by atoms with Crippen LogP contribution in [0.5, 0.6) is 0 Å². The molecular formula is C15H21F2N. The molecule has 0 radical (unpaired) electrons. The molecule has 0 bridgehead atoms. The van der Waals surface area contributed by atoms with Gasteiger partial charge < -0.3 is 5.32 Å². The van der Waals surface area contributed by atoms with Crippen molar-refractivity contribution < 1.29 is 8.78 Å². The Labute approximate surface area is 108 Å². The van der Waals surface area contributed by atoms with Crippen LogP contribution >= 0.6 is 0 Å². The first kappa shape index (κ1) is 13.5. The van der Waals surface area contributed by atoms with Gasteiger partial charge in [-0.15, -0.1) is 0 Å². The molecule has 1 saturated carbocycles. The minimum Gasteiger partial charge on any atom is -0.310 e. The van der Waals surface area contributed by atoms with Crippen molar-refractivity contribution in [2.45, 2.75) is 45.7 Å². The highest BCUT2D eigenvalue weighted by atomic mass is 19.3. The number of halogens is 2. The molecule has 1 aromatic rings. The molecular weight excluding hydrogens is 232 g/mol. The number of alkyl halides is 2. The first-order valence-corrected chi connectivity index (χ1v) is 6.68. The average Bonchev–Trinajstić information content (AvgIpc) is 2.68. The molecule has 0 spiro atoms. The van der Waals surface area contributed by atoms with Crippen molar-refractivity contribution in [3.8, 4) is 0 Å². The van der Waals surface area contributed by atoms with Crippen LogP contribution in [0.4, 0.5) is 8.78 Å². The third-order valence-corrected chi connectivity index (χ3v) is 4.24. The molecule has 1 nitrogen and oxygen atoms in total. The van der Waals surface area contributed by atoms with Crippen LogP contribution in [0.2, 0.25) is 0 Å². The van der Waals surface area contributed by atoms with Gasteiger partial charge in [-0.3, -0.25) is 0 Å². The molecule has 0 amide bonds. The van der Waals surface area contributed by atoms with Crippen molar-refractivity contribution in [3.05, 3.63) is 35.4 Å². The Morgan fingerprint density at radius 3 is 2.67 bits per heavy atom. The molecule has 1 aliphatic carbocycles. The standard InChI is InChI=1S/C15H21F2N/c1-10-6-7-14(11(10)2)18-9-12-4-3-5-13(8-12)15(16)17/h3-5,8,10-11,14-15,18H,6-7,9H2,1-2H3. The third-order valence-electron chi connectivity index (χ3n) is 4.24. The second-order valence-corrected chi connectivity index (χ2v) is 5.45. The second kappa shape index (κ2) is 5.79. The van der Waals surface area contributed by atoms with Gasteiger partial charge in [-0.1, -0.05) is 32.0 Å². The number of rotatable bonds is 4. The molecule has 0 aromatic heterocycles. The minimum atomic E-state index is -2.38. The van der Waals surface area contributed by atoms with Crippen molar-refractivity contribution >= 4 is 0 Å². The lowest BCUT2D eigenvalue weighted by Gasteiger charge is -2.19. The lowest BCUT2D eigenvalue weighted by atomic mass is 9.97. The Hall–Kier alpha value is -0.960. The van der Waals surface area contributed by atoms with E-state index in [0.29, 0.717) is 18.5 Å². The van der Waals surface area contributed by atoms with Crippen molar-refractivity contribution in [1.82, 2.24) is 5.32 Å². The van der Waals surface area contributed by atoms with Crippen LogP contribution in [-0.2, 0) is 6.54 Å². The summed E-state index contributed by atoms with van der Waals surface area (Å²) in [6, 6.07) is 7.21. The molecule has 2 rings (SSSR count). The average molecular weight is 253 g/mol. The van der Waals surface area contributed by atoms with E-state index in [1.165, 1.54) is 18.9 Å². The molecule has 0 heterocycles. The number of nitrogens with one attached hydrogen (secondary N) is 1. The highest BCUT2D eigenvalue weighted by Crippen LogP contribution is 2.31. The lowest BCUT2D eigenvalue weighted by Crippen LogP contribution is -2.31. The fraction of sp³-hybridized carbons (Fsp3) is 0.600. The number of hydrogen-bond acceptors (Lipinski definition) is 1. The SMILES string of the molecule is CC1CCC(NCc2cccc(C(F)F)c2)C1C. The normalized spacial score (nSPS) is 27.9. The van der Waals surface area contributed by atoms with Gasteiger partial charge in [0.25, 0.3) is 6.43 Å². The maximum absolute atomic E-state index is 12.6. The predicted octanol–water partition coefficient (Wildman–Crippen LogP) is 4.15. The van der Waals surface area contributed by atoms with Crippen molar-refractivity contribution in [2.75, 3.05) is 0 Å². The molecule has 100 valence electrons. The summed E-state index contributed by atoms with van der Waals surface area (Å²) in [5, 5.41) is 3.50. The fourth-order valence-electron chi connectivity index (χ4n) is 2.74. The summed E-state index contributed by atoms with van der Waals surface area (Å²) in [6.45, 7) is 5.23. The summed E-state index contributed by atoms with van der Waals surface area (Å²) >= 11 is 0. The van der Waals surface area contributed by atoms with Crippen LogP contribution < -0.4 is 5.32 Å². The van der Waals surface area contributed by atoms with Crippen LogP contribution in [0.3, 0.4) is 0 Å². The molecule has 1 N–H and O–H groups in total. The monoisotopic (exact) mass is 253 g/mol. The summed E-state index contributed by atoms with van der Waals surface area (Å²) in [5.41, 5.74) is 1.06. The van der Waals surface area contributed by atoms with E-state index in [1.807, 2.05) is 6.07 Å². The van der Waals surface area contributed by atoms with Gasteiger partial charge in [0.05, 0.1) is 0 Å². The zero-order valence-electron chi connectivity index (χ0n) is 11.0. The van der Waals surface area contributed by atoms with Crippen molar-refractivity contribution in [3.63, 3.8) is 0 Å². The molecule has 18 heavy (non-hydrogen) atoms. The Balaban J connectivity index is 1.92. The van der Waals surface area contributed by atoms with E-state index < -0.39 is 6.43 Å². The molecule has 1 aromatic carbocycles. The maximum Gasteiger partial charge on any atom is 0.263 e. The maximum atomic E-state index is 12.6. The van der Waals surface area contributed by atoms with E-state index >= 15 is 0 Å². The lowest BCUT2D eigenvalue weighted by molar-refractivity contribution is 0.151. The Bertz CT molecular complexity index is 392. The Morgan fingerprint density at radius 2 is 2.06 bits per heavy atom.